The molecule has 0 bridgehead atoms. The predicted octanol–water partition coefficient (Wildman–Crippen LogP) is 8.38. The number of hydrogen-bond donors (Lipinski definition) is 0. The maximum atomic E-state index is 15.2. The fourth-order valence-electron chi connectivity index (χ4n) is 6.81. The molecule has 2 saturated carbocycles. The molecule has 31 heavy (non-hydrogen) atoms. The first-order chi connectivity index (χ1) is 15.2. The Hall–Kier alpha value is -0.890. The fourth-order valence-corrected chi connectivity index (χ4v) is 6.81. The van der Waals surface area contributed by atoms with E-state index in [1.54, 1.807) is 0 Å². The van der Waals surface area contributed by atoms with Gasteiger partial charge in [0, 0.05) is 6.61 Å². The van der Waals surface area contributed by atoms with Gasteiger partial charge in [0.15, 0.2) is 0 Å². The number of benzene rings is 1. The lowest BCUT2D eigenvalue weighted by atomic mass is 9.65. The second kappa shape index (κ2) is 11.3. The third-order valence-electron chi connectivity index (χ3n) is 8.72. The second-order valence-corrected chi connectivity index (χ2v) is 10.9. The van der Waals surface area contributed by atoms with Crippen LogP contribution in [0.25, 0.3) is 0 Å². The maximum absolute atomic E-state index is 15.2. The van der Waals surface area contributed by atoms with E-state index in [1.807, 2.05) is 6.07 Å². The molecule has 0 heterocycles. The van der Waals surface area contributed by atoms with Gasteiger partial charge in [0.1, 0.15) is 5.82 Å². The molecule has 1 nitrogen and oxygen atoms in total. The first kappa shape index (κ1) is 23.3. The highest BCUT2D eigenvalue weighted by atomic mass is 19.1. The predicted molar refractivity (Wildman–Crippen MR) is 128 cm³/mol. The number of halogens is 1. The number of ether oxygens (including phenoxy) is 1. The molecule has 0 spiro atoms. The van der Waals surface area contributed by atoms with Crippen LogP contribution < -0.4 is 0 Å². The van der Waals surface area contributed by atoms with E-state index >= 15 is 4.39 Å². The standard InChI is InChI=1S/C29H45FO/c1-3-5-7-15-31-27-14-13-22-17-25(12-11-23(22)18-27)28-19-24-10-9-21(8-6-4-2)16-26(24)20-29(28)30/h19-23,25,27H,3-18H2,1-2H3. The van der Waals surface area contributed by atoms with Gasteiger partial charge in [0.25, 0.3) is 0 Å². The van der Waals surface area contributed by atoms with Crippen molar-refractivity contribution in [3.05, 3.63) is 34.6 Å². The van der Waals surface area contributed by atoms with Gasteiger partial charge < -0.3 is 4.74 Å². The van der Waals surface area contributed by atoms with Crippen molar-refractivity contribution < 1.29 is 9.13 Å². The molecule has 4 rings (SSSR count). The number of hydrogen-bond acceptors (Lipinski definition) is 1. The molecule has 0 saturated heterocycles. The average molecular weight is 429 g/mol. The summed E-state index contributed by atoms with van der Waals surface area (Å²) in [4.78, 5) is 0. The quantitative estimate of drug-likeness (QED) is 0.359. The monoisotopic (exact) mass is 428 g/mol. The Morgan fingerprint density at radius 3 is 2.52 bits per heavy atom. The van der Waals surface area contributed by atoms with Gasteiger partial charge in [-0.2, -0.15) is 0 Å². The first-order valence-corrected chi connectivity index (χ1v) is 13.6. The smallest absolute Gasteiger partial charge is 0.126 e. The normalized spacial score (nSPS) is 30.6. The molecular formula is C29H45FO. The largest absolute Gasteiger partial charge is 0.378 e. The summed E-state index contributed by atoms with van der Waals surface area (Å²) in [5.41, 5.74) is 3.81. The zero-order valence-corrected chi connectivity index (χ0v) is 20.1. The number of rotatable bonds is 9. The van der Waals surface area contributed by atoms with Crippen molar-refractivity contribution in [3.8, 4) is 0 Å². The Labute approximate surface area is 190 Å². The van der Waals surface area contributed by atoms with Crippen molar-refractivity contribution in [3.63, 3.8) is 0 Å². The molecule has 3 aliphatic carbocycles. The Kier molecular flexibility index (Phi) is 8.49. The van der Waals surface area contributed by atoms with E-state index in [9.17, 15) is 0 Å². The molecule has 1 aromatic carbocycles. The molecule has 0 radical (unpaired) electrons. The second-order valence-electron chi connectivity index (χ2n) is 10.9. The van der Waals surface area contributed by atoms with Crippen molar-refractivity contribution in [1.29, 1.82) is 0 Å². The zero-order chi connectivity index (χ0) is 21.6. The fraction of sp³-hybridized carbons (Fsp3) is 0.793. The Balaban J connectivity index is 1.33. The summed E-state index contributed by atoms with van der Waals surface area (Å²) < 4.78 is 21.4. The van der Waals surface area contributed by atoms with E-state index in [0.717, 1.165) is 42.8 Å². The van der Waals surface area contributed by atoms with Crippen molar-refractivity contribution >= 4 is 0 Å². The molecule has 2 fully saturated rings. The van der Waals surface area contributed by atoms with Crippen LogP contribution in [0.2, 0.25) is 0 Å². The van der Waals surface area contributed by atoms with Crippen molar-refractivity contribution in [2.24, 2.45) is 17.8 Å². The highest BCUT2D eigenvalue weighted by molar-refractivity contribution is 5.37. The summed E-state index contributed by atoms with van der Waals surface area (Å²) in [5, 5.41) is 0. The number of aryl methyl sites for hydroxylation is 1. The summed E-state index contributed by atoms with van der Waals surface area (Å²) in [5.74, 6) is 2.88. The van der Waals surface area contributed by atoms with Gasteiger partial charge in [-0.25, -0.2) is 4.39 Å². The summed E-state index contributed by atoms with van der Waals surface area (Å²) in [6.45, 7) is 5.46. The van der Waals surface area contributed by atoms with Crippen LogP contribution in [0.3, 0.4) is 0 Å². The van der Waals surface area contributed by atoms with Gasteiger partial charge in [0.05, 0.1) is 6.10 Å². The molecular weight excluding hydrogens is 383 g/mol. The topological polar surface area (TPSA) is 9.23 Å². The molecule has 0 aromatic heterocycles. The zero-order valence-electron chi connectivity index (χ0n) is 20.1. The summed E-state index contributed by atoms with van der Waals surface area (Å²) in [6.07, 6.45) is 19.1. The molecule has 174 valence electrons. The number of unbranched alkanes of at least 4 members (excludes halogenated alkanes) is 3. The minimum Gasteiger partial charge on any atom is -0.378 e. The highest BCUT2D eigenvalue weighted by Gasteiger charge is 2.37. The molecule has 5 unspecified atom stereocenters. The van der Waals surface area contributed by atoms with Crippen LogP contribution in [-0.2, 0) is 17.6 Å². The van der Waals surface area contributed by atoms with Gasteiger partial charge >= 0.3 is 0 Å². The molecule has 0 aliphatic heterocycles. The molecule has 5 atom stereocenters. The Morgan fingerprint density at radius 2 is 1.68 bits per heavy atom. The third-order valence-corrected chi connectivity index (χ3v) is 8.72. The van der Waals surface area contributed by atoms with Crippen LogP contribution in [0.1, 0.15) is 120 Å². The van der Waals surface area contributed by atoms with E-state index < -0.39 is 0 Å². The summed E-state index contributed by atoms with van der Waals surface area (Å²) >= 11 is 0. The molecule has 0 amide bonds. The summed E-state index contributed by atoms with van der Waals surface area (Å²) in [7, 11) is 0. The van der Waals surface area contributed by atoms with Crippen molar-refractivity contribution in [1.82, 2.24) is 0 Å². The van der Waals surface area contributed by atoms with Crippen LogP contribution in [0.4, 0.5) is 4.39 Å². The van der Waals surface area contributed by atoms with E-state index in [-0.39, 0.29) is 5.82 Å². The van der Waals surface area contributed by atoms with Crippen molar-refractivity contribution in [2.45, 2.75) is 122 Å². The molecule has 1 aromatic rings. The lowest BCUT2D eigenvalue weighted by Gasteiger charge is -2.42. The Morgan fingerprint density at radius 1 is 0.871 bits per heavy atom. The van der Waals surface area contributed by atoms with Gasteiger partial charge in [-0.1, -0.05) is 52.0 Å². The lowest BCUT2D eigenvalue weighted by Crippen LogP contribution is -2.34. The minimum absolute atomic E-state index is 0.0892. The minimum atomic E-state index is 0.0892. The van der Waals surface area contributed by atoms with Crippen LogP contribution in [-0.4, -0.2) is 12.7 Å². The average Bonchev–Trinajstić information content (AvgIpc) is 2.79. The Bertz CT molecular complexity index is 698. The number of fused-ring (bicyclic) bond motifs is 2. The van der Waals surface area contributed by atoms with Crippen LogP contribution in [0, 0.1) is 23.6 Å². The summed E-state index contributed by atoms with van der Waals surface area (Å²) in [6, 6.07) is 4.21. The highest BCUT2D eigenvalue weighted by Crippen LogP contribution is 2.47. The molecule has 3 aliphatic rings. The van der Waals surface area contributed by atoms with E-state index in [0.29, 0.717) is 12.0 Å². The van der Waals surface area contributed by atoms with Gasteiger partial charge in [-0.15, -0.1) is 0 Å². The third kappa shape index (κ3) is 5.92. The first-order valence-electron chi connectivity index (χ1n) is 13.6. The van der Waals surface area contributed by atoms with E-state index in [4.69, 9.17) is 4.74 Å². The van der Waals surface area contributed by atoms with Crippen LogP contribution in [0.15, 0.2) is 12.1 Å². The van der Waals surface area contributed by atoms with Gasteiger partial charge in [-0.05, 0) is 111 Å². The maximum Gasteiger partial charge on any atom is 0.126 e. The molecule has 2 heteroatoms. The van der Waals surface area contributed by atoms with Gasteiger partial charge in [-0.3, -0.25) is 0 Å². The molecule has 0 N–H and O–H groups in total. The van der Waals surface area contributed by atoms with E-state index in [1.165, 1.54) is 94.6 Å². The van der Waals surface area contributed by atoms with Gasteiger partial charge in [0.2, 0.25) is 0 Å². The van der Waals surface area contributed by atoms with Crippen molar-refractivity contribution in [2.75, 3.05) is 6.61 Å². The lowest BCUT2D eigenvalue weighted by molar-refractivity contribution is -0.0164. The van der Waals surface area contributed by atoms with E-state index in [2.05, 4.69) is 19.9 Å². The van der Waals surface area contributed by atoms with Crippen LogP contribution in [0.5, 0.6) is 0 Å². The SMILES string of the molecule is CCCCCOC1CCC2CC(c3cc4c(cc3F)CC(CCCC)CC4)CCC2C1. The van der Waals surface area contributed by atoms with Crippen LogP contribution >= 0.6 is 0 Å².